The van der Waals surface area contributed by atoms with Crippen molar-refractivity contribution in [2.45, 2.75) is 19.6 Å². The molecule has 3 N–H and O–H groups in total. The minimum Gasteiger partial charge on any atom is -0.497 e. The molecule has 2 aromatic rings. The van der Waals surface area contributed by atoms with Crippen LogP contribution in [-0.4, -0.2) is 32.2 Å². The molecule has 1 atom stereocenters. The maximum Gasteiger partial charge on any atom is 0.342 e. The fourth-order valence-electron chi connectivity index (χ4n) is 2.25. The van der Waals surface area contributed by atoms with E-state index in [1.54, 1.807) is 19.2 Å². The van der Waals surface area contributed by atoms with E-state index in [0.717, 1.165) is 11.3 Å². The van der Waals surface area contributed by atoms with E-state index in [-0.39, 0.29) is 22.0 Å². The van der Waals surface area contributed by atoms with Crippen molar-refractivity contribution in [2.24, 2.45) is 0 Å². The first-order valence-corrected chi connectivity index (χ1v) is 8.48. The molecule has 0 aliphatic carbocycles. The van der Waals surface area contributed by atoms with Crippen molar-refractivity contribution in [3.63, 3.8) is 0 Å². The SMILES string of the molecule is COc1ccc(CNC(=O)[C@@H](C)OC(=O)c2cc(Cl)c(N)cc2OC)cc1. The zero-order chi connectivity index (χ0) is 20.0. The zero-order valence-electron chi connectivity index (χ0n) is 15.2. The number of nitrogen functional groups attached to an aromatic ring is 1. The average molecular weight is 393 g/mol. The van der Waals surface area contributed by atoms with Gasteiger partial charge in [-0.25, -0.2) is 4.79 Å². The van der Waals surface area contributed by atoms with Crippen LogP contribution in [0.4, 0.5) is 5.69 Å². The van der Waals surface area contributed by atoms with Gasteiger partial charge in [0, 0.05) is 12.6 Å². The molecule has 0 aromatic heterocycles. The van der Waals surface area contributed by atoms with Gasteiger partial charge < -0.3 is 25.3 Å². The molecule has 7 nitrogen and oxygen atoms in total. The van der Waals surface area contributed by atoms with Gasteiger partial charge in [-0.2, -0.15) is 0 Å². The summed E-state index contributed by atoms with van der Waals surface area (Å²) in [5, 5.41) is 2.90. The Morgan fingerprint density at radius 2 is 1.81 bits per heavy atom. The van der Waals surface area contributed by atoms with Gasteiger partial charge in [0.25, 0.3) is 5.91 Å². The maximum absolute atomic E-state index is 12.4. The first-order valence-electron chi connectivity index (χ1n) is 8.10. The van der Waals surface area contributed by atoms with Gasteiger partial charge in [0.2, 0.25) is 0 Å². The number of nitrogens with one attached hydrogen (secondary N) is 1. The monoisotopic (exact) mass is 392 g/mol. The third-order valence-electron chi connectivity index (χ3n) is 3.82. The average Bonchev–Trinajstić information content (AvgIpc) is 2.67. The first-order chi connectivity index (χ1) is 12.8. The molecule has 0 saturated carbocycles. The molecular formula is C19H21ClN2O5. The topological polar surface area (TPSA) is 99.9 Å². The lowest BCUT2D eigenvalue weighted by Gasteiger charge is -2.15. The lowest BCUT2D eigenvalue weighted by molar-refractivity contribution is -0.129. The van der Waals surface area contributed by atoms with E-state index in [0.29, 0.717) is 6.54 Å². The number of carbonyl (C=O) groups is 2. The minimum absolute atomic E-state index is 0.0894. The Labute approximate surface area is 162 Å². The normalized spacial score (nSPS) is 11.4. The summed E-state index contributed by atoms with van der Waals surface area (Å²) in [5.41, 5.74) is 6.94. The minimum atomic E-state index is -1.00. The Kier molecular flexibility index (Phi) is 6.90. The molecule has 0 spiro atoms. The molecular weight excluding hydrogens is 372 g/mol. The maximum atomic E-state index is 12.4. The van der Waals surface area contributed by atoms with Gasteiger partial charge in [0.1, 0.15) is 17.1 Å². The molecule has 0 unspecified atom stereocenters. The molecule has 2 aromatic carbocycles. The van der Waals surface area contributed by atoms with Gasteiger partial charge in [-0.3, -0.25) is 4.79 Å². The molecule has 0 radical (unpaired) electrons. The molecule has 0 aliphatic rings. The predicted octanol–water partition coefficient (Wildman–Crippen LogP) is 2.80. The first kappa shape index (κ1) is 20.4. The second-order valence-electron chi connectivity index (χ2n) is 5.69. The number of nitrogens with two attached hydrogens (primary N) is 1. The molecule has 144 valence electrons. The number of anilines is 1. The number of halogens is 1. The Balaban J connectivity index is 1.97. The molecule has 8 heteroatoms. The highest BCUT2D eigenvalue weighted by molar-refractivity contribution is 6.33. The van der Waals surface area contributed by atoms with Crippen molar-refractivity contribution < 1.29 is 23.8 Å². The summed E-state index contributed by atoms with van der Waals surface area (Å²) in [7, 11) is 2.97. The number of rotatable bonds is 7. The quantitative estimate of drug-likeness (QED) is 0.555. The van der Waals surface area contributed by atoms with E-state index < -0.39 is 18.0 Å². The highest BCUT2D eigenvalue weighted by atomic mass is 35.5. The zero-order valence-corrected chi connectivity index (χ0v) is 16.0. The van der Waals surface area contributed by atoms with Gasteiger partial charge in [0.05, 0.1) is 24.9 Å². The molecule has 0 aliphatic heterocycles. The van der Waals surface area contributed by atoms with Crippen LogP contribution in [0.5, 0.6) is 11.5 Å². The standard InChI is InChI=1S/C19H21ClN2O5/c1-11(18(23)22-10-12-4-6-13(25-2)7-5-12)27-19(24)14-8-15(20)16(21)9-17(14)26-3/h4-9,11H,10,21H2,1-3H3,(H,22,23)/t11-/m1/s1. The van der Waals surface area contributed by atoms with Crippen molar-refractivity contribution in [3.8, 4) is 11.5 Å². The highest BCUT2D eigenvalue weighted by Gasteiger charge is 2.22. The second kappa shape index (κ2) is 9.14. The highest BCUT2D eigenvalue weighted by Crippen LogP contribution is 2.29. The van der Waals surface area contributed by atoms with E-state index in [9.17, 15) is 9.59 Å². The smallest absolute Gasteiger partial charge is 0.342 e. The van der Waals surface area contributed by atoms with Crippen molar-refractivity contribution in [1.82, 2.24) is 5.32 Å². The lowest BCUT2D eigenvalue weighted by Crippen LogP contribution is -2.35. The largest absolute Gasteiger partial charge is 0.497 e. The van der Waals surface area contributed by atoms with Crippen molar-refractivity contribution in [2.75, 3.05) is 20.0 Å². The number of amides is 1. The number of carbonyl (C=O) groups excluding carboxylic acids is 2. The van der Waals surface area contributed by atoms with E-state index in [1.807, 2.05) is 12.1 Å². The second-order valence-corrected chi connectivity index (χ2v) is 6.09. The van der Waals surface area contributed by atoms with E-state index in [4.69, 9.17) is 31.5 Å². The van der Waals surface area contributed by atoms with Gasteiger partial charge in [-0.15, -0.1) is 0 Å². The van der Waals surface area contributed by atoms with Crippen LogP contribution in [-0.2, 0) is 16.1 Å². The number of esters is 1. The summed E-state index contributed by atoms with van der Waals surface area (Å²) in [4.78, 5) is 24.5. The Morgan fingerprint density at radius 1 is 1.15 bits per heavy atom. The number of ether oxygens (including phenoxy) is 3. The van der Waals surface area contributed by atoms with Crippen molar-refractivity contribution in [1.29, 1.82) is 0 Å². The summed E-state index contributed by atoms with van der Waals surface area (Å²) in [6, 6.07) is 10.0. The fourth-order valence-corrected chi connectivity index (χ4v) is 2.42. The molecule has 0 fully saturated rings. The van der Waals surface area contributed by atoms with Crippen LogP contribution < -0.4 is 20.5 Å². The lowest BCUT2D eigenvalue weighted by atomic mass is 10.2. The van der Waals surface area contributed by atoms with E-state index >= 15 is 0 Å². The van der Waals surface area contributed by atoms with Crippen molar-refractivity contribution in [3.05, 3.63) is 52.5 Å². The van der Waals surface area contributed by atoms with Gasteiger partial charge in [-0.1, -0.05) is 23.7 Å². The van der Waals surface area contributed by atoms with Gasteiger partial charge in [0.15, 0.2) is 6.10 Å². The third-order valence-corrected chi connectivity index (χ3v) is 4.14. The summed E-state index contributed by atoms with van der Waals surface area (Å²) in [6.07, 6.45) is -1.00. The molecule has 0 bridgehead atoms. The molecule has 0 heterocycles. The molecule has 2 rings (SSSR count). The van der Waals surface area contributed by atoms with Gasteiger partial charge in [-0.05, 0) is 30.7 Å². The third kappa shape index (κ3) is 5.27. The van der Waals surface area contributed by atoms with Crippen LogP contribution in [0.3, 0.4) is 0 Å². The van der Waals surface area contributed by atoms with E-state index in [1.165, 1.54) is 26.2 Å². The number of hydrogen-bond donors (Lipinski definition) is 2. The number of benzene rings is 2. The Hall–Kier alpha value is -2.93. The number of methoxy groups -OCH3 is 2. The molecule has 1 amide bonds. The van der Waals surface area contributed by atoms with Crippen LogP contribution in [0.2, 0.25) is 5.02 Å². The van der Waals surface area contributed by atoms with Crippen molar-refractivity contribution >= 4 is 29.2 Å². The Morgan fingerprint density at radius 3 is 2.41 bits per heavy atom. The summed E-state index contributed by atoms with van der Waals surface area (Å²) >= 11 is 5.95. The molecule has 0 saturated heterocycles. The predicted molar refractivity (Wildman–Crippen MR) is 102 cm³/mol. The van der Waals surface area contributed by atoms with Gasteiger partial charge >= 0.3 is 5.97 Å². The number of hydrogen-bond acceptors (Lipinski definition) is 6. The summed E-state index contributed by atoms with van der Waals surface area (Å²) < 4.78 is 15.4. The van der Waals surface area contributed by atoms with Crippen LogP contribution in [0.25, 0.3) is 0 Å². The van der Waals surface area contributed by atoms with Crippen LogP contribution in [0, 0.1) is 0 Å². The van der Waals surface area contributed by atoms with Crippen LogP contribution >= 0.6 is 11.6 Å². The summed E-state index contributed by atoms with van der Waals surface area (Å²) in [6.45, 7) is 1.77. The van der Waals surface area contributed by atoms with E-state index in [2.05, 4.69) is 5.32 Å². The van der Waals surface area contributed by atoms with Crippen LogP contribution in [0.1, 0.15) is 22.8 Å². The molecule has 27 heavy (non-hydrogen) atoms. The van der Waals surface area contributed by atoms with Crippen LogP contribution in [0.15, 0.2) is 36.4 Å². The summed E-state index contributed by atoms with van der Waals surface area (Å²) in [5.74, 6) is -0.225. The Bertz CT molecular complexity index is 824. The fraction of sp³-hybridized carbons (Fsp3) is 0.263.